The van der Waals surface area contributed by atoms with Gasteiger partial charge in [-0.3, -0.25) is 0 Å². The van der Waals surface area contributed by atoms with Gasteiger partial charge in [-0.15, -0.1) is 0 Å². The number of benzene rings is 1. The topological polar surface area (TPSA) is 9.23 Å². The molecule has 0 saturated carbocycles. The van der Waals surface area contributed by atoms with Gasteiger partial charge in [0.15, 0.2) is 6.61 Å². The fourth-order valence-electron chi connectivity index (χ4n) is 1.40. The molecular weight excluding hydrogens is 241 g/mol. The molecule has 0 unspecified atom stereocenters. The summed E-state index contributed by atoms with van der Waals surface area (Å²) < 4.78 is 40.4. The molecule has 1 nitrogen and oxygen atoms in total. The maximum atomic E-state index is 11.9. The standard InChI is InChI=1S/C12H15F3O.C2H6/c1-9(2)6-10-4-3-5-11(7-10)16-8-12(13,14)15;1-2/h3-5,7,9H,6,8H2,1-2H3;1-2H3. The van der Waals surface area contributed by atoms with Crippen LogP contribution in [0.5, 0.6) is 5.75 Å². The van der Waals surface area contributed by atoms with E-state index >= 15 is 0 Å². The number of alkyl halides is 3. The molecular formula is C14H21F3O. The monoisotopic (exact) mass is 262 g/mol. The van der Waals surface area contributed by atoms with Crippen LogP contribution in [0.1, 0.15) is 33.3 Å². The summed E-state index contributed by atoms with van der Waals surface area (Å²) in [6.45, 7) is 6.88. The van der Waals surface area contributed by atoms with Crippen molar-refractivity contribution in [3.8, 4) is 5.75 Å². The van der Waals surface area contributed by atoms with Crippen LogP contribution in [0, 0.1) is 5.92 Å². The van der Waals surface area contributed by atoms with Crippen LogP contribution in [-0.2, 0) is 6.42 Å². The molecule has 0 bridgehead atoms. The Balaban J connectivity index is 0.00000137. The predicted octanol–water partition coefficient (Wildman–Crippen LogP) is 4.85. The highest BCUT2D eigenvalue weighted by molar-refractivity contribution is 5.28. The Labute approximate surface area is 107 Å². The normalized spacial score (nSPS) is 10.9. The molecule has 0 N–H and O–H groups in total. The highest BCUT2D eigenvalue weighted by Gasteiger charge is 2.28. The first kappa shape index (κ1) is 16.8. The Morgan fingerprint density at radius 2 is 1.78 bits per heavy atom. The zero-order chi connectivity index (χ0) is 14.2. The molecule has 1 aromatic rings. The van der Waals surface area contributed by atoms with Crippen LogP contribution < -0.4 is 4.74 Å². The van der Waals surface area contributed by atoms with Gasteiger partial charge in [0.1, 0.15) is 5.75 Å². The minimum Gasteiger partial charge on any atom is -0.484 e. The number of hydrogen-bond donors (Lipinski definition) is 0. The summed E-state index contributed by atoms with van der Waals surface area (Å²) in [5, 5.41) is 0. The van der Waals surface area contributed by atoms with Crippen molar-refractivity contribution in [2.45, 2.75) is 40.3 Å². The van der Waals surface area contributed by atoms with Crippen LogP contribution in [-0.4, -0.2) is 12.8 Å². The van der Waals surface area contributed by atoms with Gasteiger partial charge in [0, 0.05) is 0 Å². The quantitative estimate of drug-likeness (QED) is 0.753. The lowest BCUT2D eigenvalue weighted by molar-refractivity contribution is -0.153. The average molecular weight is 262 g/mol. The predicted molar refractivity (Wildman–Crippen MR) is 67.9 cm³/mol. The Morgan fingerprint density at radius 3 is 2.28 bits per heavy atom. The molecule has 1 aromatic carbocycles. The molecule has 0 aliphatic rings. The van der Waals surface area contributed by atoms with Gasteiger partial charge in [0.2, 0.25) is 0 Å². The Morgan fingerprint density at radius 1 is 1.17 bits per heavy atom. The fourth-order valence-corrected chi connectivity index (χ4v) is 1.40. The first-order chi connectivity index (χ1) is 8.37. The molecule has 0 fully saturated rings. The molecule has 0 saturated heterocycles. The molecule has 104 valence electrons. The van der Waals surface area contributed by atoms with Gasteiger partial charge in [0.05, 0.1) is 0 Å². The molecule has 4 heteroatoms. The first-order valence-corrected chi connectivity index (χ1v) is 6.15. The highest BCUT2D eigenvalue weighted by Crippen LogP contribution is 2.20. The molecule has 18 heavy (non-hydrogen) atoms. The van der Waals surface area contributed by atoms with Crippen LogP contribution >= 0.6 is 0 Å². The van der Waals surface area contributed by atoms with Gasteiger partial charge in [-0.25, -0.2) is 0 Å². The molecule has 0 atom stereocenters. The number of halogens is 3. The molecule has 0 amide bonds. The third kappa shape index (κ3) is 7.98. The second kappa shape index (κ2) is 8.01. The summed E-state index contributed by atoms with van der Waals surface area (Å²) in [7, 11) is 0. The minimum absolute atomic E-state index is 0.274. The van der Waals surface area contributed by atoms with Crippen molar-refractivity contribution in [1.82, 2.24) is 0 Å². The molecule has 0 radical (unpaired) electrons. The summed E-state index contributed by atoms with van der Waals surface area (Å²) in [5.74, 6) is 0.744. The first-order valence-electron chi connectivity index (χ1n) is 6.15. The van der Waals surface area contributed by atoms with Crippen molar-refractivity contribution in [3.05, 3.63) is 29.8 Å². The van der Waals surface area contributed by atoms with E-state index in [9.17, 15) is 13.2 Å². The summed E-state index contributed by atoms with van der Waals surface area (Å²) in [6.07, 6.45) is -3.45. The zero-order valence-corrected chi connectivity index (χ0v) is 11.3. The fraction of sp³-hybridized carbons (Fsp3) is 0.571. The van der Waals surface area contributed by atoms with E-state index in [-0.39, 0.29) is 5.75 Å². The van der Waals surface area contributed by atoms with Crippen molar-refractivity contribution < 1.29 is 17.9 Å². The maximum Gasteiger partial charge on any atom is 0.422 e. The summed E-state index contributed by atoms with van der Waals surface area (Å²) in [6, 6.07) is 6.80. The van der Waals surface area contributed by atoms with Crippen molar-refractivity contribution in [1.29, 1.82) is 0 Å². The van der Waals surface area contributed by atoms with Crippen molar-refractivity contribution in [2.75, 3.05) is 6.61 Å². The largest absolute Gasteiger partial charge is 0.484 e. The van der Waals surface area contributed by atoms with Crippen LogP contribution in [0.3, 0.4) is 0 Å². The van der Waals surface area contributed by atoms with E-state index in [1.54, 1.807) is 12.1 Å². The third-order valence-electron chi connectivity index (χ3n) is 1.94. The third-order valence-corrected chi connectivity index (χ3v) is 1.94. The summed E-state index contributed by atoms with van der Waals surface area (Å²) >= 11 is 0. The van der Waals surface area contributed by atoms with E-state index in [4.69, 9.17) is 0 Å². The van der Waals surface area contributed by atoms with Gasteiger partial charge in [-0.05, 0) is 30.0 Å². The van der Waals surface area contributed by atoms with E-state index < -0.39 is 12.8 Å². The average Bonchev–Trinajstić information content (AvgIpc) is 2.28. The highest BCUT2D eigenvalue weighted by atomic mass is 19.4. The van der Waals surface area contributed by atoms with Crippen LogP contribution in [0.15, 0.2) is 24.3 Å². The Hall–Kier alpha value is -1.19. The number of ether oxygens (including phenoxy) is 1. The van der Waals surface area contributed by atoms with Crippen LogP contribution in [0.4, 0.5) is 13.2 Å². The maximum absolute atomic E-state index is 11.9. The molecule has 0 aliphatic heterocycles. The number of rotatable bonds is 4. The van der Waals surface area contributed by atoms with Crippen molar-refractivity contribution in [3.63, 3.8) is 0 Å². The summed E-state index contributed by atoms with van der Waals surface area (Å²) in [4.78, 5) is 0. The van der Waals surface area contributed by atoms with Crippen LogP contribution in [0.2, 0.25) is 0 Å². The molecule has 0 aromatic heterocycles. The second-order valence-electron chi connectivity index (χ2n) is 4.15. The number of hydrogen-bond acceptors (Lipinski definition) is 1. The molecule has 1 rings (SSSR count). The van der Waals surface area contributed by atoms with Gasteiger partial charge in [0.25, 0.3) is 0 Å². The lowest BCUT2D eigenvalue weighted by atomic mass is 10.0. The van der Waals surface area contributed by atoms with Crippen molar-refractivity contribution in [2.24, 2.45) is 5.92 Å². The molecule has 0 heterocycles. The SMILES string of the molecule is CC.CC(C)Cc1cccc(OCC(F)(F)F)c1. The van der Waals surface area contributed by atoms with Crippen molar-refractivity contribution >= 4 is 0 Å². The lowest BCUT2D eigenvalue weighted by Gasteiger charge is -2.11. The zero-order valence-electron chi connectivity index (χ0n) is 11.3. The lowest BCUT2D eigenvalue weighted by Crippen LogP contribution is -2.19. The Kier molecular flexibility index (Phi) is 7.48. The van der Waals surface area contributed by atoms with E-state index in [0.717, 1.165) is 12.0 Å². The van der Waals surface area contributed by atoms with E-state index in [0.29, 0.717) is 5.92 Å². The molecule has 0 aliphatic carbocycles. The van der Waals surface area contributed by atoms with Gasteiger partial charge >= 0.3 is 6.18 Å². The Bertz CT molecular complexity index is 332. The second-order valence-corrected chi connectivity index (χ2v) is 4.15. The van der Waals surface area contributed by atoms with Crippen LogP contribution in [0.25, 0.3) is 0 Å². The van der Waals surface area contributed by atoms with Gasteiger partial charge < -0.3 is 4.74 Å². The smallest absolute Gasteiger partial charge is 0.422 e. The summed E-state index contributed by atoms with van der Waals surface area (Å²) in [5.41, 5.74) is 0.995. The van der Waals surface area contributed by atoms with E-state index in [2.05, 4.69) is 18.6 Å². The van der Waals surface area contributed by atoms with E-state index in [1.807, 2.05) is 19.9 Å². The van der Waals surface area contributed by atoms with Gasteiger partial charge in [-0.2, -0.15) is 13.2 Å². The molecule has 0 spiro atoms. The minimum atomic E-state index is -4.28. The van der Waals surface area contributed by atoms with E-state index in [1.165, 1.54) is 6.07 Å². The van der Waals surface area contributed by atoms with Gasteiger partial charge in [-0.1, -0.05) is 39.8 Å².